The molecule has 116 valence electrons. The fourth-order valence-electron chi connectivity index (χ4n) is 2.84. The van der Waals surface area contributed by atoms with Crippen molar-refractivity contribution in [2.24, 2.45) is 0 Å². The summed E-state index contributed by atoms with van der Waals surface area (Å²) in [5.74, 6) is 1.27. The highest BCUT2D eigenvalue weighted by Crippen LogP contribution is 2.39. The fourth-order valence-corrected chi connectivity index (χ4v) is 2.84. The maximum atomic E-state index is 12.9. The number of hydrogen-bond donors (Lipinski definition) is 0. The largest absolute Gasteiger partial charge is 0.261 e. The van der Waals surface area contributed by atoms with Crippen LogP contribution in [-0.2, 0) is 0 Å². The van der Waals surface area contributed by atoms with E-state index in [1.54, 1.807) is 6.07 Å². The van der Waals surface area contributed by atoms with E-state index in [0.29, 0.717) is 11.8 Å². The minimum absolute atomic E-state index is 0.274. The third-order valence-electron chi connectivity index (χ3n) is 4.65. The normalized spacial score (nSPS) is 17.2. The average Bonchev–Trinajstić information content (AvgIpc) is 3.38. The Bertz CT molecular complexity index is 602. The van der Waals surface area contributed by atoms with Crippen molar-refractivity contribution in [3.05, 3.63) is 59.4 Å². The van der Waals surface area contributed by atoms with E-state index in [1.165, 1.54) is 36.4 Å². The first kappa shape index (κ1) is 15.1. The average molecular weight is 298 g/mol. The lowest BCUT2D eigenvalue weighted by Gasteiger charge is -2.15. The molecule has 2 heterocycles. The predicted octanol–water partition coefficient (Wildman–Crippen LogP) is 5.18. The van der Waals surface area contributed by atoms with E-state index in [9.17, 15) is 4.39 Å². The van der Waals surface area contributed by atoms with Crippen LogP contribution in [0.1, 0.15) is 74.2 Å². The van der Waals surface area contributed by atoms with Crippen LogP contribution in [0.5, 0.6) is 0 Å². The molecule has 2 atom stereocenters. The van der Waals surface area contributed by atoms with Crippen LogP contribution in [0.15, 0.2) is 36.7 Å². The lowest BCUT2D eigenvalue weighted by molar-refractivity contribution is 0.553. The maximum absolute atomic E-state index is 12.9. The van der Waals surface area contributed by atoms with Crippen LogP contribution in [0.4, 0.5) is 4.39 Å². The third kappa shape index (κ3) is 3.70. The summed E-state index contributed by atoms with van der Waals surface area (Å²) >= 11 is 0. The van der Waals surface area contributed by atoms with Gasteiger partial charge in [-0.1, -0.05) is 19.9 Å². The quantitative estimate of drug-likeness (QED) is 0.734. The smallest absolute Gasteiger partial charge is 0.141 e. The summed E-state index contributed by atoms with van der Waals surface area (Å²) in [5.41, 5.74) is 3.52. The van der Waals surface area contributed by atoms with Gasteiger partial charge < -0.3 is 0 Å². The molecule has 2 aromatic rings. The fraction of sp³-hybridized carbons (Fsp3) is 0.474. The molecular weight excluding hydrogens is 275 g/mol. The van der Waals surface area contributed by atoms with Crippen molar-refractivity contribution in [1.82, 2.24) is 9.97 Å². The predicted molar refractivity (Wildman–Crippen MR) is 86.5 cm³/mol. The van der Waals surface area contributed by atoms with Gasteiger partial charge in [0, 0.05) is 17.6 Å². The van der Waals surface area contributed by atoms with E-state index in [1.807, 2.05) is 0 Å². The van der Waals surface area contributed by atoms with Gasteiger partial charge in [0.05, 0.1) is 6.20 Å². The molecule has 0 aromatic carbocycles. The van der Waals surface area contributed by atoms with Crippen LogP contribution in [0, 0.1) is 5.82 Å². The Morgan fingerprint density at radius 3 is 2.00 bits per heavy atom. The summed E-state index contributed by atoms with van der Waals surface area (Å²) in [4.78, 5) is 8.81. The molecule has 0 spiro atoms. The van der Waals surface area contributed by atoms with Crippen molar-refractivity contribution < 1.29 is 4.39 Å². The summed E-state index contributed by atoms with van der Waals surface area (Å²) in [6, 6.07) is 7.69. The molecule has 22 heavy (non-hydrogen) atoms. The first-order chi connectivity index (χ1) is 10.6. The first-order valence-electron chi connectivity index (χ1n) is 8.21. The molecule has 2 unspecified atom stereocenters. The Morgan fingerprint density at radius 2 is 1.55 bits per heavy atom. The zero-order valence-corrected chi connectivity index (χ0v) is 13.3. The standard InChI is InChI=1S/C19H23FN2/c1-13(18-9-7-16(11-21-18)15-5-6-15)3-4-14(2)19-10-8-17(20)12-22-19/h7-15H,3-6H2,1-2H3. The molecule has 1 aliphatic rings. The van der Waals surface area contributed by atoms with Crippen molar-refractivity contribution >= 4 is 0 Å². The van der Waals surface area contributed by atoms with Gasteiger partial charge in [-0.2, -0.15) is 0 Å². The molecule has 1 aliphatic carbocycles. The zero-order chi connectivity index (χ0) is 15.5. The van der Waals surface area contributed by atoms with Crippen LogP contribution in [0.25, 0.3) is 0 Å². The molecule has 0 bridgehead atoms. The molecule has 3 rings (SSSR count). The van der Waals surface area contributed by atoms with Gasteiger partial charge >= 0.3 is 0 Å². The zero-order valence-electron chi connectivity index (χ0n) is 13.3. The van der Waals surface area contributed by atoms with Crippen molar-refractivity contribution in [2.45, 2.75) is 57.3 Å². The van der Waals surface area contributed by atoms with Crippen molar-refractivity contribution in [1.29, 1.82) is 0 Å². The van der Waals surface area contributed by atoms with Crippen molar-refractivity contribution in [3.63, 3.8) is 0 Å². The van der Waals surface area contributed by atoms with Gasteiger partial charge in [-0.3, -0.25) is 9.97 Å². The Hall–Kier alpha value is -1.77. The third-order valence-corrected chi connectivity index (χ3v) is 4.65. The van der Waals surface area contributed by atoms with E-state index in [2.05, 4.69) is 42.1 Å². The Morgan fingerprint density at radius 1 is 0.955 bits per heavy atom. The van der Waals surface area contributed by atoms with E-state index in [4.69, 9.17) is 0 Å². The summed E-state index contributed by atoms with van der Waals surface area (Å²) in [7, 11) is 0. The maximum Gasteiger partial charge on any atom is 0.141 e. The van der Waals surface area contributed by atoms with Crippen LogP contribution in [-0.4, -0.2) is 9.97 Å². The lowest BCUT2D eigenvalue weighted by Crippen LogP contribution is -2.02. The number of halogens is 1. The summed E-state index contributed by atoms with van der Waals surface area (Å²) < 4.78 is 12.9. The molecule has 0 amide bonds. The number of pyridine rings is 2. The van der Waals surface area contributed by atoms with Gasteiger partial charge in [0.2, 0.25) is 0 Å². The summed E-state index contributed by atoms with van der Waals surface area (Å²) in [6.45, 7) is 4.38. The van der Waals surface area contributed by atoms with Gasteiger partial charge in [0.25, 0.3) is 0 Å². The van der Waals surface area contributed by atoms with E-state index in [-0.39, 0.29) is 5.82 Å². The molecule has 0 aliphatic heterocycles. The van der Waals surface area contributed by atoms with E-state index in [0.717, 1.165) is 24.5 Å². The van der Waals surface area contributed by atoms with Crippen LogP contribution in [0.2, 0.25) is 0 Å². The number of hydrogen-bond acceptors (Lipinski definition) is 2. The number of rotatable bonds is 6. The molecular formula is C19H23FN2. The van der Waals surface area contributed by atoms with E-state index < -0.39 is 0 Å². The Kier molecular flexibility index (Phi) is 4.51. The van der Waals surface area contributed by atoms with Crippen LogP contribution < -0.4 is 0 Å². The molecule has 2 nitrogen and oxygen atoms in total. The highest BCUT2D eigenvalue weighted by molar-refractivity contribution is 5.23. The molecule has 1 fully saturated rings. The lowest BCUT2D eigenvalue weighted by atomic mass is 9.93. The molecule has 0 N–H and O–H groups in total. The molecule has 0 saturated heterocycles. The van der Waals surface area contributed by atoms with Crippen LogP contribution >= 0.6 is 0 Å². The summed E-state index contributed by atoms with van der Waals surface area (Å²) in [6.07, 6.45) is 8.08. The van der Waals surface area contributed by atoms with Gasteiger partial charge in [-0.25, -0.2) is 4.39 Å². The monoisotopic (exact) mass is 298 g/mol. The number of aromatic nitrogens is 2. The van der Waals surface area contributed by atoms with Gasteiger partial charge in [0.1, 0.15) is 5.82 Å². The molecule has 2 aromatic heterocycles. The van der Waals surface area contributed by atoms with Gasteiger partial charge in [-0.15, -0.1) is 0 Å². The van der Waals surface area contributed by atoms with Crippen molar-refractivity contribution in [2.75, 3.05) is 0 Å². The molecule has 1 saturated carbocycles. The van der Waals surface area contributed by atoms with Crippen molar-refractivity contribution in [3.8, 4) is 0 Å². The summed E-state index contributed by atoms with van der Waals surface area (Å²) in [5, 5.41) is 0. The number of nitrogens with zero attached hydrogens (tertiary/aromatic N) is 2. The highest BCUT2D eigenvalue weighted by atomic mass is 19.1. The first-order valence-corrected chi connectivity index (χ1v) is 8.21. The van der Waals surface area contributed by atoms with E-state index >= 15 is 0 Å². The second-order valence-corrected chi connectivity index (χ2v) is 6.57. The topological polar surface area (TPSA) is 25.8 Å². The minimum Gasteiger partial charge on any atom is -0.261 e. The molecule has 0 radical (unpaired) electrons. The second kappa shape index (κ2) is 6.55. The Labute approximate surface area is 131 Å². The SMILES string of the molecule is CC(CCC(C)c1ccc(C2CC2)cn1)c1ccc(F)cn1. The van der Waals surface area contributed by atoms with Gasteiger partial charge in [0.15, 0.2) is 0 Å². The molecule has 3 heteroatoms. The van der Waals surface area contributed by atoms with Gasteiger partial charge in [-0.05, 0) is 67.2 Å². The highest BCUT2D eigenvalue weighted by Gasteiger charge is 2.23. The van der Waals surface area contributed by atoms with Crippen LogP contribution in [0.3, 0.4) is 0 Å². The Balaban J connectivity index is 1.54. The second-order valence-electron chi connectivity index (χ2n) is 6.57. The minimum atomic E-state index is -0.274.